The van der Waals surface area contributed by atoms with Crippen LogP contribution in [0.15, 0.2) is 59.5 Å². The number of rotatable bonds is 5. The smallest absolute Gasteiger partial charge is 0.300 e. The number of aromatic nitrogens is 4. The van der Waals surface area contributed by atoms with E-state index in [9.17, 15) is 22.8 Å². The average Bonchev–Trinajstić information content (AvgIpc) is 3.16. The van der Waals surface area contributed by atoms with Crippen molar-refractivity contribution >= 4 is 33.3 Å². The van der Waals surface area contributed by atoms with Crippen molar-refractivity contribution < 1.29 is 18.0 Å². The predicted molar refractivity (Wildman–Crippen MR) is 109 cm³/mol. The van der Waals surface area contributed by atoms with Crippen molar-refractivity contribution in [3.8, 4) is 0 Å². The lowest BCUT2D eigenvalue weighted by Gasteiger charge is -2.07. The number of carbonyl (C=O) groups excluding carboxylic acids is 1. The van der Waals surface area contributed by atoms with E-state index in [1.165, 1.54) is 12.3 Å². The van der Waals surface area contributed by atoms with Gasteiger partial charge in [-0.25, -0.2) is 9.67 Å². The zero-order chi connectivity index (χ0) is 22.0. The number of anilines is 1. The number of alkyl halides is 3. The third kappa shape index (κ3) is 4.77. The maximum Gasteiger partial charge on any atom is 0.416 e. The molecule has 2 heterocycles. The van der Waals surface area contributed by atoms with Crippen LogP contribution in [-0.2, 0) is 23.9 Å². The minimum absolute atomic E-state index is 0.243. The van der Waals surface area contributed by atoms with Crippen molar-refractivity contribution in [2.24, 2.45) is 0 Å². The molecule has 0 saturated heterocycles. The molecule has 0 radical (unpaired) electrons. The second-order valence-electron chi connectivity index (χ2n) is 6.62. The highest BCUT2D eigenvalue weighted by Gasteiger charge is 2.30. The lowest BCUT2D eigenvalue weighted by Crippen LogP contribution is -2.30. The van der Waals surface area contributed by atoms with Crippen LogP contribution >= 0.6 is 11.3 Å². The molecule has 4 aromatic rings. The molecule has 2 aromatic carbocycles. The fourth-order valence-electron chi connectivity index (χ4n) is 2.93. The van der Waals surface area contributed by atoms with Gasteiger partial charge in [0.15, 0.2) is 5.13 Å². The van der Waals surface area contributed by atoms with Crippen LogP contribution in [0.2, 0.25) is 0 Å². The lowest BCUT2D eigenvalue weighted by molar-refractivity contribution is -0.137. The molecule has 11 heteroatoms. The normalized spacial score (nSPS) is 11.6. The summed E-state index contributed by atoms with van der Waals surface area (Å²) in [5.41, 5.74) is -0.243. The largest absolute Gasteiger partial charge is 0.416 e. The Bertz CT molecular complexity index is 1320. The fraction of sp³-hybridized carbons (Fsp3) is 0.150. The van der Waals surface area contributed by atoms with Crippen LogP contribution in [0, 0.1) is 0 Å². The van der Waals surface area contributed by atoms with Gasteiger partial charge in [-0.1, -0.05) is 35.5 Å². The summed E-state index contributed by atoms with van der Waals surface area (Å²) in [6, 6.07) is 11.7. The maximum atomic E-state index is 12.9. The van der Waals surface area contributed by atoms with E-state index < -0.39 is 23.2 Å². The molecule has 0 spiro atoms. The number of carbonyl (C=O) groups is 1. The summed E-state index contributed by atoms with van der Waals surface area (Å²) in [5, 5.41) is 10.9. The first-order chi connectivity index (χ1) is 14.8. The lowest BCUT2D eigenvalue weighted by atomic mass is 10.1. The molecular formula is C20H14F3N5O2S. The minimum Gasteiger partial charge on any atom is -0.300 e. The maximum absolute atomic E-state index is 12.9. The van der Waals surface area contributed by atoms with Crippen LogP contribution < -0.4 is 10.9 Å². The molecule has 0 aliphatic rings. The molecule has 0 atom stereocenters. The van der Waals surface area contributed by atoms with Crippen molar-refractivity contribution in [2.45, 2.75) is 19.1 Å². The summed E-state index contributed by atoms with van der Waals surface area (Å²) >= 11 is 1.14. The molecular weight excluding hydrogens is 431 g/mol. The summed E-state index contributed by atoms with van der Waals surface area (Å²) in [6.07, 6.45) is -2.68. The number of hydrogen-bond acceptors (Lipinski definition) is 6. The number of hydrogen-bond donors (Lipinski definition) is 1. The van der Waals surface area contributed by atoms with Crippen LogP contribution in [-0.4, -0.2) is 25.9 Å². The van der Waals surface area contributed by atoms with Crippen LogP contribution in [0.1, 0.15) is 16.0 Å². The summed E-state index contributed by atoms with van der Waals surface area (Å²) in [5.74, 6) is -0.522. The molecule has 31 heavy (non-hydrogen) atoms. The first-order valence-electron chi connectivity index (χ1n) is 9.03. The van der Waals surface area contributed by atoms with E-state index in [-0.39, 0.29) is 18.1 Å². The van der Waals surface area contributed by atoms with Gasteiger partial charge in [-0.2, -0.15) is 13.2 Å². The standard InChI is InChI=1S/C20H14F3N5O2S/c21-20(22,23)13-5-3-4-12(8-13)9-14-10-24-19(31-14)25-17(29)11-28-18(30)15-6-1-2-7-16(15)26-27-28/h1-8,10H,9,11H2,(H,24,25,29). The molecule has 2 aromatic heterocycles. The van der Waals surface area contributed by atoms with E-state index in [1.807, 2.05) is 0 Å². The van der Waals surface area contributed by atoms with Gasteiger partial charge in [-0.3, -0.25) is 9.59 Å². The molecule has 0 aliphatic carbocycles. The Morgan fingerprint density at radius 1 is 1.13 bits per heavy atom. The van der Waals surface area contributed by atoms with Gasteiger partial charge in [0.2, 0.25) is 5.91 Å². The zero-order valence-electron chi connectivity index (χ0n) is 15.8. The van der Waals surface area contributed by atoms with Gasteiger partial charge >= 0.3 is 6.18 Å². The van der Waals surface area contributed by atoms with Crippen molar-refractivity contribution in [1.29, 1.82) is 0 Å². The van der Waals surface area contributed by atoms with Crippen LogP contribution in [0.3, 0.4) is 0 Å². The van der Waals surface area contributed by atoms with E-state index in [2.05, 4.69) is 20.6 Å². The van der Waals surface area contributed by atoms with Gasteiger partial charge in [0, 0.05) is 17.5 Å². The van der Waals surface area contributed by atoms with Crippen molar-refractivity contribution in [3.63, 3.8) is 0 Å². The Hall–Kier alpha value is -3.60. The minimum atomic E-state index is -4.41. The number of nitrogens with zero attached hydrogens (tertiary/aromatic N) is 4. The van der Waals surface area contributed by atoms with E-state index in [0.717, 1.165) is 28.2 Å². The van der Waals surface area contributed by atoms with Crippen molar-refractivity contribution in [3.05, 3.63) is 81.1 Å². The molecule has 0 aliphatic heterocycles. The Balaban J connectivity index is 1.43. The van der Waals surface area contributed by atoms with Crippen molar-refractivity contribution in [2.75, 3.05) is 5.32 Å². The fourth-order valence-corrected chi connectivity index (χ4v) is 3.79. The first-order valence-corrected chi connectivity index (χ1v) is 9.84. The number of nitrogens with one attached hydrogen (secondary N) is 1. The summed E-state index contributed by atoms with van der Waals surface area (Å²) in [7, 11) is 0. The van der Waals surface area contributed by atoms with Crippen LogP contribution in [0.5, 0.6) is 0 Å². The van der Waals surface area contributed by atoms with Gasteiger partial charge in [-0.15, -0.1) is 16.4 Å². The molecule has 1 N–H and O–H groups in total. The number of halogens is 3. The molecule has 0 saturated carbocycles. The number of amides is 1. The van der Waals surface area contributed by atoms with Gasteiger partial charge in [0.1, 0.15) is 12.1 Å². The monoisotopic (exact) mass is 445 g/mol. The summed E-state index contributed by atoms with van der Waals surface area (Å²) in [6.45, 7) is -0.348. The van der Waals surface area contributed by atoms with E-state index in [1.54, 1.807) is 30.3 Å². The second kappa shape index (κ2) is 8.26. The highest BCUT2D eigenvalue weighted by atomic mass is 32.1. The van der Waals surface area contributed by atoms with Gasteiger partial charge in [0.25, 0.3) is 5.56 Å². The van der Waals surface area contributed by atoms with Gasteiger partial charge in [-0.05, 0) is 23.8 Å². The first kappa shape index (κ1) is 20.7. The quantitative estimate of drug-likeness (QED) is 0.508. The Labute approximate surface area is 177 Å². The molecule has 158 valence electrons. The molecule has 4 rings (SSSR count). The van der Waals surface area contributed by atoms with Gasteiger partial charge < -0.3 is 5.32 Å². The number of thiazole rings is 1. The summed E-state index contributed by atoms with van der Waals surface area (Å²) < 4.78 is 39.5. The Morgan fingerprint density at radius 3 is 2.74 bits per heavy atom. The predicted octanol–water partition coefficient (Wildman–Crippen LogP) is 3.50. The number of fused-ring (bicyclic) bond motifs is 1. The van der Waals surface area contributed by atoms with E-state index in [4.69, 9.17) is 0 Å². The zero-order valence-corrected chi connectivity index (χ0v) is 16.6. The SMILES string of the molecule is O=C(Cn1nnc2ccccc2c1=O)Nc1ncc(Cc2cccc(C(F)(F)F)c2)s1. The highest BCUT2D eigenvalue weighted by molar-refractivity contribution is 7.15. The third-order valence-electron chi connectivity index (χ3n) is 4.36. The molecule has 0 fully saturated rings. The van der Waals surface area contributed by atoms with E-state index >= 15 is 0 Å². The van der Waals surface area contributed by atoms with Crippen LogP contribution in [0.4, 0.5) is 18.3 Å². The average molecular weight is 445 g/mol. The molecule has 7 nitrogen and oxygen atoms in total. The number of benzene rings is 2. The third-order valence-corrected chi connectivity index (χ3v) is 5.27. The molecule has 1 amide bonds. The van der Waals surface area contributed by atoms with Gasteiger partial charge in [0.05, 0.1) is 10.9 Å². The Morgan fingerprint density at radius 2 is 1.94 bits per heavy atom. The molecule has 0 unspecified atom stereocenters. The highest BCUT2D eigenvalue weighted by Crippen LogP contribution is 2.30. The topological polar surface area (TPSA) is 89.8 Å². The molecule has 0 bridgehead atoms. The Kier molecular flexibility index (Phi) is 5.51. The second-order valence-corrected chi connectivity index (χ2v) is 7.74. The summed E-state index contributed by atoms with van der Waals surface area (Å²) in [4.78, 5) is 29.5. The van der Waals surface area contributed by atoms with Crippen LogP contribution in [0.25, 0.3) is 10.9 Å². The van der Waals surface area contributed by atoms with E-state index in [0.29, 0.717) is 21.3 Å². The van der Waals surface area contributed by atoms with Crippen molar-refractivity contribution in [1.82, 2.24) is 20.0 Å².